The third-order valence-corrected chi connectivity index (χ3v) is 3.11. The van der Waals surface area contributed by atoms with E-state index in [1.807, 2.05) is 0 Å². The molecule has 0 bridgehead atoms. The molecule has 0 aliphatic rings. The van der Waals surface area contributed by atoms with Gasteiger partial charge in [-0.25, -0.2) is 18.6 Å². The lowest BCUT2D eigenvalue weighted by Crippen LogP contribution is -2.19. The molecule has 1 aromatic heterocycles. The van der Waals surface area contributed by atoms with E-state index in [0.717, 1.165) is 12.4 Å². The highest BCUT2D eigenvalue weighted by Crippen LogP contribution is 2.17. The van der Waals surface area contributed by atoms with Crippen molar-refractivity contribution < 1.29 is 13.2 Å². The van der Waals surface area contributed by atoms with Gasteiger partial charge < -0.3 is 4.55 Å². The van der Waals surface area contributed by atoms with Crippen molar-refractivity contribution in [2.45, 2.75) is 25.0 Å². The number of aromatic nitrogens is 2. The smallest absolute Gasteiger partial charge is 0.159 e. The van der Waals surface area contributed by atoms with Gasteiger partial charge in [0.15, 0.2) is 16.9 Å². The Kier molecular flexibility index (Phi) is 3.65. The topological polar surface area (TPSA) is 63.1 Å². The Bertz CT molecular complexity index is 331. The van der Waals surface area contributed by atoms with E-state index in [1.165, 1.54) is 0 Å². The van der Waals surface area contributed by atoms with Crippen molar-refractivity contribution in [3.8, 4) is 0 Å². The summed E-state index contributed by atoms with van der Waals surface area (Å²) < 4.78 is 32.1. The maximum atomic E-state index is 12.5. The van der Waals surface area contributed by atoms with Gasteiger partial charge in [0.25, 0.3) is 0 Å². The van der Waals surface area contributed by atoms with E-state index in [2.05, 4.69) is 9.97 Å². The quantitative estimate of drug-likeness (QED) is 0.777. The van der Waals surface area contributed by atoms with Crippen molar-refractivity contribution in [3.05, 3.63) is 24.0 Å². The zero-order valence-electron chi connectivity index (χ0n) is 7.85. The van der Waals surface area contributed by atoms with Crippen molar-refractivity contribution in [2.75, 3.05) is 0 Å². The van der Waals surface area contributed by atoms with Crippen molar-refractivity contribution in [1.82, 2.24) is 9.97 Å². The second-order valence-corrected chi connectivity index (χ2v) is 4.33. The molecule has 1 N–H and O–H groups in total. The predicted molar refractivity (Wildman–Crippen MR) is 50.6 cm³/mol. The highest BCUT2D eigenvalue weighted by atomic mass is 32.2. The number of rotatable bonds is 3. The van der Waals surface area contributed by atoms with E-state index in [-0.39, 0.29) is 5.92 Å². The van der Waals surface area contributed by atoms with Gasteiger partial charge in [-0.1, -0.05) is 6.92 Å². The largest absolute Gasteiger partial charge is 0.306 e. The molecular formula is C8H11FN2O2S. The summed E-state index contributed by atoms with van der Waals surface area (Å²) >= 11 is -1.92. The van der Waals surface area contributed by atoms with E-state index in [4.69, 9.17) is 4.55 Å². The van der Waals surface area contributed by atoms with E-state index < -0.39 is 22.1 Å². The van der Waals surface area contributed by atoms with Crippen LogP contribution in [-0.2, 0) is 11.1 Å². The molecular weight excluding hydrogens is 207 g/mol. The van der Waals surface area contributed by atoms with Crippen molar-refractivity contribution in [3.63, 3.8) is 0 Å². The highest BCUT2D eigenvalue weighted by Gasteiger charge is 2.21. The first-order chi connectivity index (χ1) is 6.52. The minimum Gasteiger partial charge on any atom is -0.306 e. The molecule has 14 heavy (non-hydrogen) atoms. The standard InChI is InChI=1S/C8H11FN2O2S/c1-5(6(2)14(12)13)8-10-3-7(9)4-11-8/h3-6H,1-2H3,(H,12,13)/t5-,6-/m0/s1. The zero-order valence-corrected chi connectivity index (χ0v) is 8.66. The molecule has 4 nitrogen and oxygen atoms in total. The van der Waals surface area contributed by atoms with Crippen LogP contribution in [0.5, 0.6) is 0 Å². The highest BCUT2D eigenvalue weighted by molar-refractivity contribution is 7.79. The molecule has 0 saturated heterocycles. The molecule has 0 aliphatic carbocycles. The summed E-state index contributed by atoms with van der Waals surface area (Å²) in [5.74, 6) is -0.415. The van der Waals surface area contributed by atoms with Gasteiger partial charge >= 0.3 is 0 Å². The first kappa shape index (κ1) is 11.2. The SMILES string of the molecule is C[C@H](c1ncc(F)cn1)[C@H](C)S(=O)O. The molecule has 3 atom stereocenters. The molecule has 1 unspecified atom stereocenters. The molecule has 6 heteroatoms. The molecule has 0 aromatic carbocycles. The van der Waals surface area contributed by atoms with Gasteiger partial charge in [-0.15, -0.1) is 0 Å². The minimum atomic E-state index is -1.92. The van der Waals surface area contributed by atoms with E-state index in [0.29, 0.717) is 5.82 Å². The molecule has 1 heterocycles. The number of nitrogens with zero attached hydrogens (tertiary/aromatic N) is 2. The Morgan fingerprint density at radius 2 is 1.93 bits per heavy atom. The van der Waals surface area contributed by atoms with Crippen LogP contribution < -0.4 is 0 Å². The lowest BCUT2D eigenvalue weighted by Gasteiger charge is -2.14. The van der Waals surface area contributed by atoms with Crippen LogP contribution in [0.1, 0.15) is 25.6 Å². The molecule has 1 aromatic rings. The third kappa shape index (κ3) is 2.55. The molecule has 1 rings (SSSR count). The van der Waals surface area contributed by atoms with E-state index in [1.54, 1.807) is 13.8 Å². The monoisotopic (exact) mass is 218 g/mol. The third-order valence-electron chi connectivity index (χ3n) is 2.07. The second kappa shape index (κ2) is 4.56. The summed E-state index contributed by atoms with van der Waals surface area (Å²) in [6.45, 7) is 3.35. The number of halogens is 1. The summed E-state index contributed by atoms with van der Waals surface area (Å²) in [6, 6.07) is 0. The van der Waals surface area contributed by atoms with Crippen molar-refractivity contribution in [2.24, 2.45) is 0 Å². The summed E-state index contributed by atoms with van der Waals surface area (Å²) in [6.07, 6.45) is 2.09. The van der Waals surface area contributed by atoms with Gasteiger partial charge in [-0.2, -0.15) is 0 Å². The van der Waals surface area contributed by atoms with Crippen LogP contribution in [-0.4, -0.2) is 24.0 Å². The fourth-order valence-electron chi connectivity index (χ4n) is 0.942. The first-order valence-electron chi connectivity index (χ1n) is 4.09. The Morgan fingerprint density at radius 1 is 1.43 bits per heavy atom. The Morgan fingerprint density at radius 3 is 2.36 bits per heavy atom. The van der Waals surface area contributed by atoms with Gasteiger partial charge in [-0.3, -0.25) is 0 Å². The Balaban J connectivity index is 2.84. The Hall–Kier alpha value is -0.880. The molecule has 0 saturated carbocycles. The predicted octanol–water partition coefficient (Wildman–Crippen LogP) is 1.33. The maximum absolute atomic E-state index is 12.5. The molecule has 0 aliphatic heterocycles. The normalized spacial score (nSPS) is 17.4. The van der Waals surface area contributed by atoms with Crippen LogP contribution in [0, 0.1) is 5.82 Å². The minimum absolute atomic E-state index is 0.276. The summed E-state index contributed by atoms with van der Waals surface area (Å²) in [7, 11) is 0. The lowest BCUT2D eigenvalue weighted by molar-refractivity contribution is 0.531. The first-order valence-corrected chi connectivity index (χ1v) is 5.26. The van der Waals surface area contributed by atoms with Crippen molar-refractivity contribution in [1.29, 1.82) is 0 Å². The molecule has 78 valence electrons. The number of hydrogen-bond acceptors (Lipinski definition) is 3. The second-order valence-electron chi connectivity index (χ2n) is 3.03. The lowest BCUT2D eigenvalue weighted by atomic mass is 10.1. The van der Waals surface area contributed by atoms with Gasteiger partial charge in [0, 0.05) is 5.92 Å². The fraction of sp³-hybridized carbons (Fsp3) is 0.500. The molecule has 0 spiro atoms. The van der Waals surface area contributed by atoms with E-state index >= 15 is 0 Å². The van der Waals surface area contributed by atoms with Crippen LogP contribution >= 0.6 is 0 Å². The molecule has 0 radical (unpaired) electrons. The Labute approximate surface area is 83.9 Å². The van der Waals surface area contributed by atoms with Crippen LogP contribution in [0.15, 0.2) is 12.4 Å². The van der Waals surface area contributed by atoms with Crippen LogP contribution in [0.25, 0.3) is 0 Å². The summed E-state index contributed by atoms with van der Waals surface area (Å²) in [4.78, 5) is 7.50. The van der Waals surface area contributed by atoms with Crippen LogP contribution in [0.3, 0.4) is 0 Å². The van der Waals surface area contributed by atoms with Gasteiger partial charge in [0.2, 0.25) is 0 Å². The maximum Gasteiger partial charge on any atom is 0.159 e. The average molecular weight is 218 g/mol. The summed E-state index contributed by atoms with van der Waals surface area (Å²) in [5.41, 5.74) is 0. The fourth-order valence-corrected chi connectivity index (χ4v) is 1.41. The molecule has 0 amide bonds. The zero-order chi connectivity index (χ0) is 10.7. The average Bonchev–Trinajstić information content (AvgIpc) is 2.16. The van der Waals surface area contributed by atoms with Gasteiger partial charge in [-0.05, 0) is 6.92 Å². The summed E-state index contributed by atoms with van der Waals surface area (Å²) in [5, 5.41) is -0.472. The number of hydrogen-bond donors (Lipinski definition) is 1. The van der Waals surface area contributed by atoms with Crippen molar-refractivity contribution >= 4 is 11.1 Å². The van der Waals surface area contributed by atoms with Gasteiger partial charge in [0.05, 0.1) is 17.6 Å². The molecule has 0 fully saturated rings. The van der Waals surface area contributed by atoms with Gasteiger partial charge in [0.1, 0.15) is 5.82 Å². The van der Waals surface area contributed by atoms with Crippen LogP contribution in [0.2, 0.25) is 0 Å². The van der Waals surface area contributed by atoms with Crippen LogP contribution in [0.4, 0.5) is 4.39 Å². The van der Waals surface area contributed by atoms with E-state index in [9.17, 15) is 8.60 Å².